The minimum absolute atomic E-state index is 0.144. The van der Waals surface area contributed by atoms with E-state index in [9.17, 15) is 4.79 Å². The van der Waals surface area contributed by atoms with Crippen LogP contribution in [0.25, 0.3) is 5.95 Å². The van der Waals surface area contributed by atoms with E-state index in [0.29, 0.717) is 0 Å². The molecule has 70 valence electrons. The number of nitrogens with two attached hydrogens (primary N) is 1. The summed E-state index contributed by atoms with van der Waals surface area (Å²) >= 11 is 0. The van der Waals surface area contributed by atoms with Crippen LogP contribution in [0.2, 0.25) is 0 Å². The molecule has 2 N–H and O–H groups in total. The number of hydrogen-bond donors (Lipinski definition) is 1. The van der Waals surface area contributed by atoms with E-state index < -0.39 is 5.91 Å². The zero-order chi connectivity index (χ0) is 9.97. The van der Waals surface area contributed by atoms with E-state index in [-0.39, 0.29) is 11.6 Å². The van der Waals surface area contributed by atoms with Crippen molar-refractivity contribution in [1.29, 1.82) is 0 Å². The van der Waals surface area contributed by atoms with Gasteiger partial charge in [0.15, 0.2) is 0 Å². The molecule has 0 fully saturated rings. The molecule has 2 rings (SSSR count). The van der Waals surface area contributed by atoms with Crippen LogP contribution in [0.15, 0.2) is 24.7 Å². The van der Waals surface area contributed by atoms with Crippen LogP contribution in [0.3, 0.4) is 0 Å². The summed E-state index contributed by atoms with van der Waals surface area (Å²) in [6.07, 6.45) is 4.49. The van der Waals surface area contributed by atoms with Crippen LogP contribution in [0.1, 0.15) is 10.5 Å². The largest absolute Gasteiger partial charge is 0.364 e. The number of carbonyl (C=O) groups is 1. The van der Waals surface area contributed by atoms with Gasteiger partial charge in [-0.15, -0.1) is 5.10 Å². The van der Waals surface area contributed by atoms with Crippen LogP contribution in [0.5, 0.6) is 0 Å². The van der Waals surface area contributed by atoms with Gasteiger partial charge in [0.05, 0.1) is 12.4 Å². The SMILES string of the molecule is NC(=O)c1ccnc(-n2ccnn2)n1. The van der Waals surface area contributed by atoms with Crippen LogP contribution in [-0.2, 0) is 0 Å². The molecule has 14 heavy (non-hydrogen) atoms. The molecular weight excluding hydrogens is 184 g/mol. The molecule has 0 atom stereocenters. The van der Waals surface area contributed by atoms with Gasteiger partial charge >= 0.3 is 0 Å². The average molecular weight is 190 g/mol. The lowest BCUT2D eigenvalue weighted by Crippen LogP contribution is -2.15. The van der Waals surface area contributed by atoms with E-state index in [0.717, 1.165) is 0 Å². The monoisotopic (exact) mass is 190 g/mol. The fourth-order valence-electron chi connectivity index (χ4n) is 0.911. The van der Waals surface area contributed by atoms with Gasteiger partial charge in [-0.25, -0.2) is 9.97 Å². The van der Waals surface area contributed by atoms with Gasteiger partial charge in [0.2, 0.25) is 0 Å². The van der Waals surface area contributed by atoms with Gasteiger partial charge in [0.25, 0.3) is 11.9 Å². The maximum atomic E-state index is 10.8. The zero-order valence-electron chi connectivity index (χ0n) is 7.03. The number of aromatic nitrogens is 5. The minimum atomic E-state index is -0.603. The molecule has 0 aliphatic rings. The van der Waals surface area contributed by atoms with E-state index in [2.05, 4.69) is 20.3 Å². The quantitative estimate of drug-likeness (QED) is 0.665. The van der Waals surface area contributed by atoms with E-state index in [1.54, 1.807) is 6.20 Å². The molecular formula is C7H6N6O. The molecule has 0 aliphatic carbocycles. The Balaban J connectivity index is 2.46. The highest BCUT2D eigenvalue weighted by atomic mass is 16.1. The summed E-state index contributed by atoms with van der Waals surface area (Å²) in [5.41, 5.74) is 5.21. The minimum Gasteiger partial charge on any atom is -0.364 e. The standard InChI is InChI=1S/C7H6N6O/c8-6(14)5-1-2-9-7(11-5)13-4-3-10-12-13/h1-4H,(H2,8,14). The first kappa shape index (κ1) is 8.30. The van der Waals surface area contributed by atoms with Crippen molar-refractivity contribution < 1.29 is 4.79 Å². The predicted octanol–water partition coefficient (Wildman–Crippen LogP) is -0.844. The fourth-order valence-corrected chi connectivity index (χ4v) is 0.911. The Labute approximate surface area is 78.6 Å². The van der Waals surface area contributed by atoms with E-state index in [1.807, 2.05) is 0 Å². The summed E-state index contributed by atoms with van der Waals surface area (Å²) in [6.45, 7) is 0. The molecule has 0 radical (unpaired) electrons. The number of nitrogens with zero attached hydrogens (tertiary/aromatic N) is 5. The Hall–Kier alpha value is -2.31. The van der Waals surface area contributed by atoms with Crippen molar-refractivity contribution in [2.24, 2.45) is 5.73 Å². The molecule has 0 saturated carbocycles. The molecule has 2 heterocycles. The van der Waals surface area contributed by atoms with Crippen LogP contribution >= 0.6 is 0 Å². The number of primary amides is 1. The normalized spacial score (nSPS) is 10.0. The topological polar surface area (TPSA) is 99.6 Å². The van der Waals surface area contributed by atoms with Crippen molar-refractivity contribution in [3.63, 3.8) is 0 Å². The Morgan fingerprint density at radius 2 is 2.29 bits per heavy atom. The van der Waals surface area contributed by atoms with Crippen molar-refractivity contribution in [2.75, 3.05) is 0 Å². The summed E-state index contributed by atoms with van der Waals surface area (Å²) in [5.74, 6) is -0.340. The molecule has 0 saturated heterocycles. The van der Waals surface area contributed by atoms with Gasteiger partial charge in [-0.1, -0.05) is 5.21 Å². The first-order chi connectivity index (χ1) is 6.77. The van der Waals surface area contributed by atoms with Crippen LogP contribution in [-0.4, -0.2) is 30.9 Å². The first-order valence-electron chi connectivity index (χ1n) is 3.77. The number of rotatable bonds is 2. The second-order valence-corrected chi connectivity index (χ2v) is 2.45. The van der Waals surface area contributed by atoms with Crippen molar-refractivity contribution >= 4 is 5.91 Å². The van der Waals surface area contributed by atoms with Gasteiger partial charge in [-0.3, -0.25) is 4.79 Å². The predicted molar refractivity (Wildman–Crippen MR) is 45.5 cm³/mol. The smallest absolute Gasteiger partial charge is 0.267 e. The number of hydrogen-bond acceptors (Lipinski definition) is 5. The van der Waals surface area contributed by atoms with Gasteiger partial charge in [-0.2, -0.15) is 4.68 Å². The van der Waals surface area contributed by atoms with E-state index >= 15 is 0 Å². The molecule has 0 spiro atoms. The lowest BCUT2D eigenvalue weighted by Gasteiger charge is -1.98. The van der Waals surface area contributed by atoms with E-state index in [4.69, 9.17) is 5.73 Å². The lowest BCUT2D eigenvalue weighted by atomic mass is 10.4. The summed E-state index contributed by atoms with van der Waals surface area (Å²) in [6, 6.07) is 1.43. The zero-order valence-corrected chi connectivity index (χ0v) is 7.03. The summed E-state index contributed by atoms with van der Waals surface area (Å²) in [7, 11) is 0. The first-order valence-corrected chi connectivity index (χ1v) is 3.77. The Morgan fingerprint density at radius 3 is 2.93 bits per heavy atom. The molecule has 0 bridgehead atoms. The molecule has 0 unspecified atom stereocenters. The third kappa shape index (κ3) is 1.42. The second-order valence-electron chi connectivity index (χ2n) is 2.45. The van der Waals surface area contributed by atoms with Crippen LogP contribution < -0.4 is 5.73 Å². The highest BCUT2D eigenvalue weighted by molar-refractivity contribution is 5.90. The molecule has 7 heteroatoms. The van der Waals surface area contributed by atoms with Crippen molar-refractivity contribution in [1.82, 2.24) is 25.0 Å². The highest BCUT2D eigenvalue weighted by Gasteiger charge is 2.05. The molecule has 0 aromatic carbocycles. The Kier molecular flexibility index (Phi) is 1.90. The maximum Gasteiger partial charge on any atom is 0.267 e. The maximum absolute atomic E-state index is 10.8. The van der Waals surface area contributed by atoms with Crippen LogP contribution in [0, 0.1) is 0 Å². The Bertz CT molecular complexity index is 451. The van der Waals surface area contributed by atoms with Gasteiger partial charge in [-0.05, 0) is 6.07 Å². The third-order valence-electron chi connectivity index (χ3n) is 1.52. The van der Waals surface area contributed by atoms with Crippen molar-refractivity contribution in [3.8, 4) is 5.95 Å². The Morgan fingerprint density at radius 1 is 1.43 bits per heavy atom. The summed E-state index contributed by atoms with van der Waals surface area (Å²) < 4.78 is 1.34. The molecule has 1 amide bonds. The average Bonchev–Trinajstić information content (AvgIpc) is 2.71. The number of carbonyl (C=O) groups excluding carboxylic acids is 1. The van der Waals surface area contributed by atoms with Crippen molar-refractivity contribution in [2.45, 2.75) is 0 Å². The highest BCUT2D eigenvalue weighted by Crippen LogP contribution is 1.98. The van der Waals surface area contributed by atoms with Crippen LogP contribution in [0.4, 0.5) is 0 Å². The molecule has 7 nitrogen and oxygen atoms in total. The van der Waals surface area contributed by atoms with Gasteiger partial charge in [0.1, 0.15) is 5.69 Å². The second kappa shape index (κ2) is 3.21. The molecule has 0 aliphatic heterocycles. The summed E-state index contributed by atoms with van der Waals surface area (Å²) in [5, 5.41) is 7.27. The number of amides is 1. The summed E-state index contributed by atoms with van der Waals surface area (Å²) in [4.78, 5) is 18.6. The van der Waals surface area contributed by atoms with Crippen molar-refractivity contribution in [3.05, 3.63) is 30.4 Å². The van der Waals surface area contributed by atoms with Gasteiger partial charge < -0.3 is 5.73 Å². The van der Waals surface area contributed by atoms with Gasteiger partial charge in [0, 0.05) is 6.20 Å². The molecule has 2 aromatic rings. The van der Waals surface area contributed by atoms with E-state index in [1.165, 1.54) is 23.1 Å². The lowest BCUT2D eigenvalue weighted by molar-refractivity contribution is 0.0995. The third-order valence-corrected chi connectivity index (χ3v) is 1.52. The fraction of sp³-hybridized carbons (Fsp3) is 0. The molecule has 2 aromatic heterocycles.